The largest absolute Gasteiger partial charge is 0.478 e. The molecule has 1 atom stereocenters. The molecule has 1 unspecified atom stereocenters. The second-order valence-corrected chi connectivity index (χ2v) is 6.87. The number of benzene rings is 2. The molecule has 0 radical (unpaired) electrons. The van der Waals surface area contributed by atoms with Crippen LogP contribution in [0.3, 0.4) is 0 Å². The minimum absolute atomic E-state index is 0.294. The molecule has 1 aromatic heterocycles. The fourth-order valence-corrected chi connectivity index (χ4v) is 4.00. The van der Waals surface area contributed by atoms with Crippen LogP contribution >= 0.6 is 0 Å². The number of nitrogens with zero attached hydrogens (tertiary/aromatic N) is 2. The van der Waals surface area contributed by atoms with Crippen molar-refractivity contribution in [2.75, 3.05) is 13.1 Å². The molecule has 0 bridgehead atoms. The average Bonchev–Trinajstić information content (AvgIpc) is 3.21. The molecule has 0 amide bonds. The Hall–Kier alpha value is -2.59. The standard InChI is InChI=1S/C21H22N2O2/c1-22-17(12-15-6-2-5-9-20(15)22)14-23-11-10-16(13-23)18-7-3-4-8-19(18)21(24)25/h2-9,12,16H,10-11,13-14H2,1H3,(H,24,25). The number of likely N-dealkylation sites (tertiary alicyclic amines) is 1. The third-order valence-corrected chi connectivity index (χ3v) is 5.34. The first-order valence-electron chi connectivity index (χ1n) is 8.71. The molecule has 2 aromatic carbocycles. The monoisotopic (exact) mass is 334 g/mol. The van der Waals surface area contributed by atoms with Crippen molar-refractivity contribution in [3.63, 3.8) is 0 Å². The summed E-state index contributed by atoms with van der Waals surface area (Å²) in [5.74, 6) is -0.537. The van der Waals surface area contributed by atoms with Gasteiger partial charge in [-0.15, -0.1) is 0 Å². The molecule has 1 aliphatic heterocycles. The highest BCUT2D eigenvalue weighted by molar-refractivity contribution is 5.89. The highest BCUT2D eigenvalue weighted by Crippen LogP contribution is 2.31. The van der Waals surface area contributed by atoms with Crippen LogP contribution in [0.1, 0.15) is 34.0 Å². The van der Waals surface area contributed by atoms with Gasteiger partial charge in [0.15, 0.2) is 0 Å². The quantitative estimate of drug-likeness (QED) is 0.788. The zero-order chi connectivity index (χ0) is 17.4. The van der Waals surface area contributed by atoms with E-state index in [9.17, 15) is 9.90 Å². The number of carboxylic acid groups (broad SMARTS) is 1. The van der Waals surface area contributed by atoms with Gasteiger partial charge in [-0.25, -0.2) is 4.79 Å². The Balaban J connectivity index is 1.53. The smallest absolute Gasteiger partial charge is 0.335 e. The van der Waals surface area contributed by atoms with Gasteiger partial charge >= 0.3 is 5.97 Å². The van der Waals surface area contributed by atoms with Crippen molar-refractivity contribution in [3.8, 4) is 0 Å². The van der Waals surface area contributed by atoms with Gasteiger partial charge in [0.05, 0.1) is 5.56 Å². The van der Waals surface area contributed by atoms with Crippen molar-refractivity contribution in [2.45, 2.75) is 18.9 Å². The number of aryl methyl sites for hydroxylation is 1. The van der Waals surface area contributed by atoms with E-state index >= 15 is 0 Å². The van der Waals surface area contributed by atoms with Crippen LogP contribution in [0.4, 0.5) is 0 Å². The lowest BCUT2D eigenvalue weighted by Crippen LogP contribution is -2.21. The lowest BCUT2D eigenvalue weighted by Gasteiger charge is -2.17. The molecule has 4 nitrogen and oxygen atoms in total. The van der Waals surface area contributed by atoms with Crippen molar-refractivity contribution >= 4 is 16.9 Å². The van der Waals surface area contributed by atoms with E-state index in [2.05, 4.69) is 46.8 Å². The topological polar surface area (TPSA) is 45.5 Å². The molecule has 1 saturated heterocycles. The Bertz CT molecular complexity index is 929. The third kappa shape index (κ3) is 2.94. The number of aromatic nitrogens is 1. The lowest BCUT2D eigenvalue weighted by atomic mass is 9.93. The Kier molecular flexibility index (Phi) is 4.06. The summed E-state index contributed by atoms with van der Waals surface area (Å²) in [5, 5.41) is 10.7. The van der Waals surface area contributed by atoms with E-state index in [1.165, 1.54) is 16.6 Å². The highest BCUT2D eigenvalue weighted by Gasteiger charge is 2.27. The van der Waals surface area contributed by atoms with Crippen LogP contribution in [0.5, 0.6) is 0 Å². The van der Waals surface area contributed by atoms with Crippen LogP contribution in [0.2, 0.25) is 0 Å². The summed E-state index contributed by atoms with van der Waals surface area (Å²) >= 11 is 0. The van der Waals surface area contributed by atoms with Crippen molar-refractivity contribution in [1.82, 2.24) is 9.47 Å². The summed E-state index contributed by atoms with van der Waals surface area (Å²) in [7, 11) is 2.12. The molecule has 1 N–H and O–H groups in total. The van der Waals surface area contributed by atoms with E-state index in [-0.39, 0.29) is 0 Å². The van der Waals surface area contributed by atoms with Crippen LogP contribution in [0.15, 0.2) is 54.6 Å². The van der Waals surface area contributed by atoms with Crippen LogP contribution < -0.4 is 0 Å². The van der Waals surface area contributed by atoms with Crippen LogP contribution in [-0.2, 0) is 13.6 Å². The molecule has 3 aromatic rings. The van der Waals surface area contributed by atoms with Gasteiger partial charge in [-0.2, -0.15) is 0 Å². The van der Waals surface area contributed by atoms with Gasteiger partial charge in [0.2, 0.25) is 0 Å². The molecule has 2 heterocycles. The first-order valence-corrected chi connectivity index (χ1v) is 8.71. The fraction of sp³-hybridized carbons (Fsp3) is 0.286. The number of fused-ring (bicyclic) bond motifs is 1. The Morgan fingerprint density at radius 3 is 2.72 bits per heavy atom. The summed E-state index contributed by atoms with van der Waals surface area (Å²) in [4.78, 5) is 13.9. The van der Waals surface area contributed by atoms with Gasteiger partial charge in [0, 0.05) is 31.3 Å². The number of carboxylic acids is 1. The van der Waals surface area contributed by atoms with Gasteiger partial charge in [-0.3, -0.25) is 4.90 Å². The van der Waals surface area contributed by atoms with Gasteiger partial charge < -0.3 is 9.67 Å². The predicted molar refractivity (Wildman–Crippen MR) is 99.0 cm³/mol. The van der Waals surface area contributed by atoms with Gasteiger partial charge in [-0.1, -0.05) is 36.4 Å². The number of hydrogen-bond donors (Lipinski definition) is 1. The maximum atomic E-state index is 11.5. The second-order valence-electron chi connectivity index (χ2n) is 6.87. The van der Waals surface area contributed by atoms with Crippen molar-refractivity contribution in [2.24, 2.45) is 7.05 Å². The summed E-state index contributed by atoms with van der Waals surface area (Å²) in [5.41, 5.74) is 3.96. The molecule has 1 aliphatic rings. The van der Waals surface area contributed by atoms with E-state index in [0.29, 0.717) is 11.5 Å². The van der Waals surface area contributed by atoms with Gasteiger partial charge in [0.25, 0.3) is 0 Å². The molecule has 0 saturated carbocycles. The lowest BCUT2D eigenvalue weighted by molar-refractivity contribution is 0.0695. The van der Waals surface area contributed by atoms with Crippen LogP contribution in [0, 0.1) is 0 Å². The summed E-state index contributed by atoms with van der Waals surface area (Å²) < 4.78 is 2.26. The molecule has 128 valence electrons. The summed E-state index contributed by atoms with van der Waals surface area (Å²) in [6, 6.07) is 18.1. The molecule has 0 aliphatic carbocycles. The second kappa shape index (κ2) is 6.37. The highest BCUT2D eigenvalue weighted by atomic mass is 16.4. The first-order chi connectivity index (χ1) is 12.1. The maximum absolute atomic E-state index is 11.5. The Morgan fingerprint density at radius 2 is 1.92 bits per heavy atom. The first kappa shape index (κ1) is 15.9. The van der Waals surface area contributed by atoms with E-state index in [0.717, 1.165) is 31.6 Å². The number of carbonyl (C=O) groups is 1. The normalized spacial score (nSPS) is 18.0. The fourth-order valence-electron chi connectivity index (χ4n) is 4.00. The third-order valence-electron chi connectivity index (χ3n) is 5.34. The summed E-state index contributed by atoms with van der Waals surface area (Å²) in [6.07, 6.45) is 1.01. The Morgan fingerprint density at radius 1 is 1.16 bits per heavy atom. The predicted octanol–water partition coefficient (Wildman–Crippen LogP) is 3.87. The van der Waals surface area contributed by atoms with Crippen LogP contribution in [-0.4, -0.2) is 33.6 Å². The van der Waals surface area contributed by atoms with Crippen molar-refractivity contribution in [1.29, 1.82) is 0 Å². The zero-order valence-corrected chi connectivity index (χ0v) is 14.4. The molecule has 1 fully saturated rings. The number of hydrogen-bond acceptors (Lipinski definition) is 2. The maximum Gasteiger partial charge on any atom is 0.335 e. The van der Waals surface area contributed by atoms with E-state index in [4.69, 9.17) is 0 Å². The molecule has 0 spiro atoms. The van der Waals surface area contributed by atoms with Gasteiger partial charge in [-0.05, 0) is 48.0 Å². The molecule has 4 rings (SSSR count). The van der Waals surface area contributed by atoms with Crippen LogP contribution in [0.25, 0.3) is 10.9 Å². The minimum atomic E-state index is -0.831. The molecular weight excluding hydrogens is 312 g/mol. The molecule has 25 heavy (non-hydrogen) atoms. The molecular formula is C21H22N2O2. The zero-order valence-electron chi connectivity index (χ0n) is 14.4. The minimum Gasteiger partial charge on any atom is -0.478 e. The number of para-hydroxylation sites is 1. The van der Waals surface area contributed by atoms with E-state index in [1.54, 1.807) is 12.1 Å². The number of aromatic carboxylic acids is 1. The average molecular weight is 334 g/mol. The Labute approximate surface area is 147 Å². The van der Waals surface area contributed by atoms with E-state index < -0.39 is 5.97 Å². The molecule has 4 heteroatoms. The van der Waals surface area contributed by atoms with Gasteiger partial charge in [0.1, 0.15) is 0 Å². The summed E-state index contributed by atoms with van der Waals surface area (Å²) in [6.45, 7) is 2.81. The van der Waals surface area contributed by atoms with Crippen molar-refractivity contribution in [3.05, 3.63) is 71.4 Å². The van der Waals surface area contributed by atoms with E-state index in [1.807, 2.05) is 12.1 Å². The van der Waals surface area contributed by atoms with Crippen molar-refractivity contribution < 1.29 is 9.90 Å². The number of rotatable bonds is 4. The SMILES string of the molecule is Cn1c(CN2CCC(c3ccccc3C(=O)O)C2)cc2ccccc21.